The van der Waals surface area contributed by atoms with Gasteiger partial charge in [0.15, 0.2) is 0 Å². The minimum Gasteiger partial charge on any atom is -0.497 e. The first-order valence-corrected chi connectivity index (χ1v) is 8.23. The number of hydrogen-bond acceptors (Lipinski definition) is 5. The normalized spacial score (nSPS) is 10.6. The average molecular weight is 407 g/mol. The number of hydrazone groups is 1. The highest BCUT2D eigenvalue weighted by atomic mass is 79.9. The molecule has 0 fully saturated rings. The Labute approximate surface area is 154 Å². The van der Waals surface area contributed by atoms with E-state index in [9.17, 15) is 4.79 Å². The van der Waals surface area contributed by atoms with Gasteiger partial charge in [-0.15, -0.1) is 0 Å². The minimum atomic E-state index is -0.215. The Bertz CT molecular complexity index is 760. The first-order valence-electron chi connectivity index (χ1n) is 7.43. The Morgan fingerprint density at radius 2 is 1.76 bits per heavy atom. The van der Waals surface area contributed by atoms with Crippen molar-refractivity contribution in [3.05, 3.63) is 52.0 Å². The molecule has 6 nitrogen and oxygen atoms in total. The van der Waals surface area contributed by atoms with Gasteiger partial charge in [-0.3, -0.25) is 4.79 Å². The first-order chi connectivity index (χ1) is 12.1. The number of nitrogens with one attached hydrogen (secondary N) is 1. The van der Waals surface area contributed by atoms with Crippen LogP contribution in [0.1, 0.15) is 11.1 Å². The summed E-state index contributed by atoms with van der Waals surface area (Å²) in [4.78, 5) is 12.0. The standard InChI is InChI=1S/C18H19BrN2O4/c1-23-14-6-4-12(5-7-14)8-18(22)21-20-11-13-9-15(19)17(25-3)10-16(13)24-2/h4-7,9-11H,8H2,1-3H3,(H,21,22)/b20-11+. The van der Waals surface area contributed by atoms with Crippen LogP contribution in [0.4, 0.5) is 0 Å². The van der Waals surface area contributed by atoms with Crippen LogP contribution in [0.5, 0.6) is 17.2 Å². The summed E-state index contributed by atoms with van der Waals surface area (Å²) in [5.74, 6) is 1.78. The van der Waals surface area contributed by atoms with Crippen LogP contribution < -0.4 is 19.6 Å². The third kappa shape index (κ3) is 5.22. The number of carbonyl (C=O) groups is 1. The van der Waals surface area contributed by atoms with Crippen molar-refractivity contribution in [1.29, 1.82) is 0 Å². The molecule has 2 aromatic rings. The molecule has 0 aliphatic carbocycles. The van der Waals surface area contributed by atoms with Crippen LogP contribution in [-0.2, 0) is 11.2 Å². The van der Waals surface area contributed by atoms with Crippen molar-refractivity contribution in [2.24, 2.45) is 5.10 Å². The van der Waals surface area contributed by atoms with Crippen LogP contribution in [0.2, 0.25) is 0 Å². The van der Waals surface area contributed by atoms with Crippen molar-refractivity contribution in [2.75, 3.05) is 21.3 Å². The number of halogens is 1. The maximum absolute atomic E-state index is 12.0. The Kier molecular flexibility index (Phi) is 6.82. The summed E-state index contributed by atoms with van der Waals surface area (Å²) in [6, 6.07) is 10.8. The second-order valence-electron chi connectivity index (χ2n) is 5.05. The van der Waals surface area contributed by atoms with Crippen LogP contribution in [0.3, 0.4) is 0 Å². The molecule has 7 heteroatoms. The molecule has 0 bridgehead atoms. The van der Waals surface area contributed by atoms with Gasteiger partial charge in [-0.25, -0.2) is 5.43 Å². The lowest BCUT2D eigenvalue weighted by Gasteiger charge is -2.09. The van der Waals surface area contributed by atoms with E-state index >= 15 is 0 Å². The van der Waals surface area contributed by atoms with E-state index in [4.69, 9.17) is 14.2 Å². The van der Waals surface area contributed by atoms with E-state index in [2.05, 4.69) is 26.5 Å². The number of rotatable bonds is 7. The predicted molar refractivity (Wildman–Crippen MR) is 99.7 cm³/mol. The Morgan fingerprint density at radius 3 is 2.36 bits per heavy atom. The van der Waals surface area contributed by atoms with Gasteiger partial charge < -0.3 is 14.2 Å². The van der Waals surface area contributed by atoms with E-state index in [0.29, 0.717) is 17.1 Å². The smallest absolute Gasteiger partial charge is 0.244 e. The Morgan fingerprint density at radius 1 is 1.08 bits per heavy atom. The van der Waals surface area contributed by atoms with E-state index in [1.165, 1.54) is 6.21 Å². The highest BCUT2D eigenvalue weighted by Gasteiger charge is 2.08. The predicted octanol–water partition coefficient (Wildman–Crippen LogP) is 3.17. The first kappa shape index (κ1) is 18.8. The molecule has 2 rings (SSSR count). The van der Waals surface area contributed by atoms with Gasteiger partial charge >= 0.3 is 0 Å². The molecular formula is C18H19BrN2O4. The lowest BCUT2D eigenvalue weighted by atomic mass is 10.1. The zero-order chi connectivity index (χ0) is 18.2. The molecule has 0 spiro atoms. The number of nitrogens with zero attached hydrogens (tertiary/aromatic N) is 1. The van der Waals surface area contributed by atoms with Crippen LogP contribution in [0.15, 0.2) is 46.0 Å². The second-order valence-corrected chi connectivity index (χ2v) is 5.90. The van der Waals surface area contributed by atoms with Crippen molar-refractivity contribution in [3.8, 4) is 17.2 Å². The van der Waals surface area contributed by atoms with E-state index in [0.717, 1.165) is 15.8 Å². The second kappa shape index (κ2) is 9.08. The summed E-state index contributed by atoms with van der Waals surface area (Å²) in [6.07, 6.45) is 1.75. The van der Waals surface area contributed by atoms with Crippen molar-refractivity contribution >= 4 is 28.1 Å². The zero-order valence-corrected chi connectivity index (χ0v) is 15.8. The third-order valence-electron chi connectivity index (χ3n) is 3.42. The van der Waals surface area contributed by atoms with Gasteiger partial charge in [0.2, 0.25) is 5.91 Å². The zero-order valence-electron chi connectivity index (χ0n) is 14.2. The largest absolute Gasteiger partial charge is 0.497 e. The monoisotopic (exact) mass is 406 g/mol. The van der Waals surface area contributed by atoms with Crippen LogP contribution in [-0.4, -0.2) is 33.5 Å². The van der Waals surface area contributed by atoms with Gasteiger partial charge in [-0.2, -0.15) is 5.10 Å². The summed E-state index contributed by atoms with van der Waals surface area (Å²) in [7, 11) is 4.73. The molecule has 1 N–H and O–H groups in total. The topological polar surface area (TPSA) is 69.2 Å². The van der Waals surface area contributed by atoms with E-state index in [1.807, 2.05) is 24.3 Å². The Hall–Kier alpha value is -2.54. The molecular weight excluding hydrogens is 388 g/mol. The van der Waals surface area contributed by atoms with E-state index in [1.54, 1.807) is 33.5 Å². The van der Waals surface area contributed by atoms with Gasteiger partial charge in [-0.1, -0.05) is 12.1 Å². The summed E-state index contributed by atoms with van der Waals surface area (Å²) in [5.41, 5.74) is 4.09. The van der Waals surface area contributed by atoms with Crippen LogP contribution >= 0.6 is 15.9 Å². The SMILES string of the molecule is COc1ccc(CC(=O)N/N=C/c2cc(Br)c(OC)cc2OC)cc1. The van der Waals surface area contributed by atoms with Crippen LogP contribution in [0, 0.1) is 0 Å². The molecule has 0 unspecified atom stereocenters. The van der Waals surface area contributed by atoms with Gasteiger partial charge in [0.05, 0.1) is 38.4 Å². The fourth-order valence-corrected chi connectivity index (χ4v) is 2.65. The van der Waals surface area contributed by atoms with Gasteiger partial charge in [0, 0.05) is 11.6 Å². The highest BCUT2D eigenvalue weighted by Crippen LogP contribution is 2.31. The number of amides is 1. The summed E-state index contributed by atoms with van der Waals surface area (Å²) >= 11 is 3.41. The van der Waals surface area contributed by atoms with Gasteiger partial charge in [0.1, 0.15) is 17.2 Å². The maximum Gasteiger partial charge on any atom is 0.244 e. The number of methoxy groups -OCH3 is 3. The molecule has 0 atom stereocenters. The molecule has 0 heterocycles. The van der Waals surface area contributed by atoms with Gasteiger partial charge in [-0.05, 0) is 39.7 Å². The van der Waals surface area contributed by atoms with Crippen molar-refractivity contribution in [1.82, 2.24) is 5.43 Å². The van der Waals surface area contributed by atoms with Gasteiger partial charge in [0.25, 0.3) is 0 Å². The minimum absolute atomic E-state index is 0.215. The summed E-state index contributed by atoms with van der Waals surface area (Å²) < 4.78 is 16.4. The molecule has 0 aromatic heterocycles. The molecule has 1 amide bonds. The number of carbonyl (C=O) groups excluding carboxylic acids is 1. The molecule has 0 saturated heterocycles. The third-order valence-corrected chi connectivity index (χ3v) is 4.04. The van der Waals surface area contributed by atoms with Crippen LogP contribution in [0.25, 0.3) is 0 Å². The summed E-state index contributed by atoms with van der Waals surface area (Å²) in [6.45, 7) is 0. The van der Waals surface area contributed by atoms with Crippen molar-refractivity contribution in [2.45, 2.75) is 6.42 Å². The molecule has 0 radical (unpaired) electrons. The number of ether oxygens (including phenoxy) is 3. The fourth-order valence-electron chi connectivity index (χ4n) is 2.13. The number of benzene rings is 2. The van der Waals surface area contributed by atoms with E-state index < -0.39 is 0 Å². The molecule has 0 aliphatic heterocycles. The lowest BCUT2D eigenvalue weighted by molar-refractivity contribution is -0.120. The quantitative estimate of drug-likeness (QED) is 0.566. The Balaban J connectivity index is 1.99. The molecule has 0 aliphatic rings. The molecule has 0 saturated carbocycles. The maximum atomic E-state index is 12.0. The average Bonchev–Trinajstić information content (AvgIpc) is 2.62. The number of hydrogen-bond donors (Lipinski definition) is 1. The summed E-state index contributed by atoms with van der Waals surface area (Å²) in [5, 5.41) is 3.99. The molecule has 132 valence electrons. The van der Waals surface area contributed by atoms with Crippen molar-refractivity contribution < 1.29 is 19.0 Å². The van der Waals surface area contributed by atoms with E-state index in [-0.39, 0.29) is 12.3 Å². The molecule has 2 aromatic carbocycles. The van der Waals surface area contributed by atoms with Crippen molar-refractivity contribution in [3.63, 3.8) is 0 Å². The lowest BCUT2D eigenvalue weighted by Crippen LogP contribution is -2.19. The highest BCUT2D eigenvalue weighted by molar-refractivity contribution is 9.10. The fraction of sp³-hybridized carbons (Fsp3) is 0.222. The molecule has 25 heavy (non-hydrogen) atoms.